The maximum atomic E-state index is 12.9. The normalized spacial score (nSPS) is 19.0. The van der Waals surface area contributed by atoms with E-state index in [0.717, 1.165) is 16.0 Å². The zero-order valence-corrected chi connectivity index (χ0v) is 17.1. The smallest absolute Gasteiger partial charge is 0.325 e. The Labute approximate surface area is 172 Å². The second kappa shape index (κ2) is 7.45. The number of anilines is 1. The molecule has 3 rings (SSSR count). The van der Waals surface area contributed by atoms with Crippen LogP contribution in [0.1, 0.15) is 23.6 Å². The van der Waals surface area contributed by atoms with Gasteiger partial charge in [0.05, 0.1) is 0 Å². The van der Waals surface area contributed by atoms with Gasteiger partial charge in [-0.05, 0) is 56.2 Å². The minimum atomic E-state index is -1.38. The van der Waals surface area contributed by atoms with Crippen LogP contribution in [-0.2, 0) is 15.1 Å². The minimum absolute atomic E-state index is 0.255. The molecule has 1 fully saturated rings. The van der Waals surface area contributed by atoms with Gasteiger partial charge in [0, 0.05) is 21.3 Å². The van der Waals surface area contributed by atoms with Gasteiger partial charge in [0.1, 0.15) is 12.1 Å². The molecule has 4 amide bonds. The van der Waals surface area contributed by atoms with Crippen LogP contribution in [0, 0.1) is 13.8 Å². The van der Waals surface area contributed by atoms with Crippen molar-refractivity contribution in [2.45, 2.75) is 26.3 Å². The topological polar surface area (TPSA) is 78.5 Å². The molecule has 6 nitrogen and oxygen atoms in total. The summed E-state index contributed by atoms with van der Waals surface area (Å²) in [5, 5.41) is 6.00. The van der Waals surface area contributed by atoms with E-state index in [1.54, 1.807) is 25.1 Å². The molecule has 1 saturated heterocycles. The predicted octanol–water partition coefficient (Wildman–Crippen LogP) is 4.02. The number of hydrogen-bond acceptors (Lipinski definition) is 3. The van der Waals surface area contributed by atoms with Crippen LogP contribution >= 0.6 is 23.2 Å². The zero-order valence-electron chi connectivity index (χ0n) is 15.6. The third kappa shape index (κ3) is 3.70. The third-order valence-electron chi connectivity index (χ3n) is 4.84. The summed E-state index contributed by atoms with van der Waals surface area (Å²) in [6, 6.07) is 9.50. The highest BCUT2D eigenvalue weighted by atomic mass is 35.5. The molecule has 146 valence electrons. The fourth-order valence-corrected chi connectivity index (χ4v) is 3.68. The lowest BCUT2D eigenvalue weighted by Crippen LogP contribution is -2.42. The molecule has 1 aliphatic rings. The van der Waals surface area contributed by atoms with Crippen LogP contribution in [0.4, 0.5) is 10.5 Å². The van der Waals surface area contributed by atoms with E-state index >= 15 is 0 Å². The maximum absolute atomic E-state index is 12.9. The standard InChI is InChI=1S/C20H19Cl2N3O3/c1-11-4-6-14(8-12(11)2)23-17(26)10-25-18(27)20(3,24-19(25)28)15-7-5-13(21)9-16(15)22/h4-9H,10H2,1-3H3,(H,23,26)(H,24,28). The molecule has 8 heteroatoms. The van der Waals surface area contributed by atoms with Gasteiger partial charge in [0.2, 0.25) is 5.91 Å². The van der Waals surface area contributed by atoms with Gasteiger partial charge in [0.15, 0.2) is 0 Å². The van der Waals surface area contributed by atoms with E-state index in [1.165, 1.54) is 6.07 Å². The van der Waals surface area contributed by atoms with E-state index in [0.29, 0.717) is 16.3 Å². The molecule has 0 radical (unpaired) electrons. The molecule has 0 aliphatic carbocycles. The summed E-state index contributed by atoms with van der Waals surface area (Å²) in [7, 11) is 0. The molecule has 2 aromatic carbocycles. The van der Waals surface area contributed by atoms with Crippen molar-refractivity contribution >= 4 is 46.7 Å². The van der Waals surface area contributed by atoms with E-state index in [9.17, 15) is 14.4 Å². The Morgan fingerprint density at radius 1 is 1.11 bits per heavy atom. The SMILES string of the molecule is Cc1ccc(NC(=O)CN2C(=O)NC(C)(c3ccc(Cl)cc3Cl)C2=O)cc1C. The first kappa shape index (κ1) is 20.2. The molecule has 0 aromatic heterocycles. The Bertz CT molecular complexity index is 993. The quantitative estimate of drug-likeness (QED) is 0.734. The molecule has 28 heavy (non-hydrogen) atoms. The number of urea groups is 1. The molecule has 1 aliphatic heterocycles. The Kier molecular flexibility index (Phi) is 5.37. The summed E-state index contributed by atoms with van der Waals surface area (Å²) in [4.78, 5) is 38.6. The van der Waals surface area contributed by atoms with Crippen molar-refractivity contribution in [3.05, 3.63) is 63.1 Å². The Hall–Kier alpha value is -2.57. The highest BCUT2D eigenvalue weighted by molar-refractivity contribution is 6.35. The molecule has 2 N–H and O–H groups in total. The second-order valence-electron chi connectivity index (χ2n) is 6.92. The van der Waals surface area contributed by atoms with Crippen LogP contribution in [0.25, 0.3) is 0 Å². The van der Waals surface area contributed by atoms with Gasteiger partial charge >= 0.3 is 6.03 Å². The zero-order chi connectivity index (χ0) is 20.6. The highest BCUT2D eigenvalue weighted by Crippen LogP contribution is 2.34. The number of halogens is 2. The van der Waals surface area contributed by atoms with E-state index in [1.807, 2.05) is 26.0 Å². The van der Waals surface area contributed by atoms with E-state index in [-0.39, 0.29) is 5.02 Å². The summed E-state index contributed by atoms with van der Waals surface area (Å²) in [5.74, 6) is -1.03. The summed E-state index contributed by atoms with van der Waals surface area (Å²) in [5.41, 5.74) is 1.76. The van der Waals surface area contributed by atoms with Crippen LogP contribution in [-0.4, -0.2) is 29.3 Å². The van der Waals surface area contributed by atoms with E-state index in [4.69, 9.17) is 23.2 Å². The lowest BCUT2D eigenvalue weighted by molar-refractivity contribution is -0.133. The maximum Gasteiger partial charge on any atom is 0.325 e. The number of hydrogen-bond donors (Lipinski definition) is 2. The molecule has 1 atom stereocenters. The number of carbonyl (C=O) groups is 3. The number of carbonyl (C=O) groups excluding carboxylic acids is 3. The highest BCUT2D eigenvalue weighted by Gasteiger charge is 2.50. The first-order valence-corrected chi connectivity index (χ1v) is 9.34. The van der Waals surface area contributed by atoms with Crippen molar-refractivity contribution in [3.8, 4) is 0 Å². The van der Waals surface area contributed by atoms with Crippen LogP contribution in [0.3, 0.4) is 0 Å². The van der Waals surface area contributed by atoms with Crippen molar-refractivity contribution < 1.29 is 14.4 Å². The Morgan fingerprint density at radius 2 is 1.82 bits per heavy atom. The summed E-state index contributed by atoms with van der Waals surface area (Å²) in [6.07, 6.45) is 0. The number of benzene rings is 2. The second-order valence-corrected chi connectivity index (χ2v) is 7.76. The molecule has 0 spiro atoms. The van der Waals surface area contributed by atoms with Crippen molar-refractivity contribution in [1.29, 1.82) is 0 Å². The number of rotatable bonds is 4. The summed E-state index contributed by atoms with van der Waals surface area (Å²) >= 11 is 12.1. The van der Waals surface area contributed by atoms with Crippen LogP contribution in [0.5, 0.6) is 0 Å². The van der Waals surface area contributed by atoms with Crippen molar-refractivity contribution in [1.82, 2.24) is 10.2 Å². The number of nitrogens with one attached hydrogen (secondary N) is 2. The fourth-order valence-electron chi connectivity index (χ4n) is 3.08. The average Bonchev–Trinajstić information content (AvgIpc) is 2.82. The van der Waals surface area contributed by atoms with Gasteiger partial charge in [-0.15, -0.1) is 0 Å². The fraction of sp³-hybridized carbons (Fsp3) is 0.250. The van der Waals surface area contributed by atoms with E-state index < -0.39 is 29.9 Å². The van der Waals surface area contributed by atoms with Crippen molar-refractivity contribution in [2.75, 3.05) is 11.9 Å². The molecule has 0 saturated carbocycles. The van der Waals surface area contributed by atoms with Gasteiger partial charge in [0.25, 0.3) is 5.91 Å². The van der Waals surface area contributed by atoms with Crippen LogP contribution in [0.15, 0.2) is 36.4 Å². The lowest BCUT2D eigenvalue weighted by Gasteiger charge is -2.23. The molecule has 2 aromatic rings. The van der Waals surface area contributed by atoms with Gasteiger partial charge in [-0.25, -0.2) is 4.79 Å². The van der Waals surface area contributed by atoms with Gasteiger partial charge in [-0.1, -0.05) is 35.3 Å². The Morgan fingerprint density at radius 3 is 2.46 bits per heavy atom. The number of nitrogens with zero attached hydrogens (tertiary/aromatic N) is 1. The number of amides is 4. The van der Waals surface area contributed by atoms with Gasteiger partial charge < -0.3 is 10.6 Å². The minimum Gasteiger partial charge on any atom is -0.325 e. The summed E-state index contributed by atoms with van der Waals surface area (Å²) in [6.45, 7) is 5.04. The Balaban J connectivity index is 1.78. The molecule has 1 heterocycles. The predicted molar refractivity (Wildman–Crippen MR) is 109 cm³/mol. The first-order valence-electron chi connectivity index (χ1n) is 8.58. The largest absolute Gasteiger partial charge is 0.325 e. The van der Waals surface area contributed by atoms with Crippen molar-refractivity contribution in [2.24, 2.45) is 0 Å². The van der Waals surface area contributed by atoms with Gasteiger partial charge in [-0.2, -0.15) is 0 Å². The summed E-state index contributed by atoms with van der Waals surface area (Å²) < 4.78 is 0. The monoisotopic (exact) mass is 419 g/mol. The number of aryl methyl sites for hydroxylation is 2. The molecule has 1 unspecified atom stereocenters. The average molecular weight is 420 g/mol. The lowest BCUT2D eigenvalue weighted by atomic mass is 9.92. The van der Waals surface area contributed by atoms with Gasteiger partial charge in [-0.3, -0.25) is 14.5 Å². The molecular formula is C20H19Cl2N3O3. The van der Waals surface area contributed by atoms with Crippen LogP contribution in [0.2, 0.25) is 10.0 Å². The molecule has 0 bridgehead atoms. The first-order chi connectivity index (χ1) is 13.1. The third-order valence-corrected chi connectivity index (χ3v) is 5.38. The number of imide groups is 1. The van der Waals surface area contributed by atoms with Crippen LogP contribution < -0.4 is 10.6 Å². The molecular weight excluding hydrogens is 401 g/mol. The van der Waals surface area contributed by atoms with E-state index in [2.05, 4.69) is 10.6 Å². The van der Waals surface area contributed by atoms with Crippen molar-refractivity contribution in [3.63, 3.8) is 0 Å².